The third-order valence-corrected chi connectivity index (χ3v) is 8.28. The lowest BCUT2D eigenvalue weighted by molar-refractivity contribution is -0.138. The topological polar surface area (TPSA) is 167 Å². The van der Waals surface area contributed by atoms with Crippen LogP contribution in [0.15, 0.2) is 90.1 Å². The van der Waals surface area contributed by atoms with E-state index in [2.05, 4.69) is 15.6 Å². The molecule has 0 aliphatic heterocycles. The number of carbonyl (C=O) groups is 4. The number of nitrogens with one attached hydrogen (secondary N) is 3. The molecule has 0 bridgehead atoms. The maximum atomic E-state index is 13.5. The van der Waals surface area contributed by atoms with E-state index in [9.17, 15) is 27.6 Å². The van der Waals surface area contributed by atoms with Crippen molar-refractivity contribution >= 4 is 55.4 Å². The standard InChI is InChI=1S/C29H24N4O7S/c1-17-10-12-18(13-11-17)41(39,40)33-16-22(20-7-3-5-9-24(20)33)27(36)29(38)32-26(28(37)31-15-25(34)35)21-14-30-23-8-4-2-6-19(21)23/h2-14,16,26,30H,15H2,1H3,(H,31,37)(H,32,38)(H,34,35)/t26-/m0/s1. The molecular weight excluding hydrogens is 548 g/mol. The van der Waals surface area contributed by atoms with Gasteiger partial charge in [0.1, 0.15) is 12.6 Å². The third-order valence-electron chi connectivity index (χ3n) is 6.59. The molecule has 0 fully saturated rings. The number of fused-ring (bicyclic) bond motifs is 2. The highest BCUT2D eigenvalue weighted by atomic mass is 32.2. The Bertz CT molecular complexity index is 1940. The number of aromatic nitrogens is 2. The van der Waals surface area contributed by atoms with Gasteiger partial charge in [0, 0.05) is 34.2 Å². The summed E-state index contributed by atoms with van der Waals surface area (Å²) in [6, 6.07) is 18.0. The number of carbonyl (C=O) groups excluding carboxylic acids is 3. The average molecular weight is 573 g/mol. The number of aliphatic carboxylic acids is 1. The van der Waals surface area contributed by atoms with Crippen LogP contribution < -0.4 is 10.6 Å². The van der Waals surface area contributed by atoms with Crippen LogP contribution in [-0.2, 0) is 24.4 Å². The Morgan fingerprint density at radius 3 is 2.29 bits per heavy atom. The summed E-state index contributed by atoms with van der Waals surface area (Å²) in [6.07, 6.45) is 2.58. The van der Waals surface area contributed by atoms with Crippen molar-refractivity contribution in [2.45, 2.75) is 17.9 Å². The highest BCUT2D eigenvalue weighted by molar-refractivity contribution is 7.90. The van der Waals surface area contributed by atoms with E-state index in [0.29, 0.717) is 16.5 Å². The summed E-state index contributed by atoms with van der Waals surface area (Å²) in [5.41, 5.74) is 1.84. The predicted molar refractivity (Wildman–Crippen MR) is 150 cm³/mol. The van der Waals surface area contributed by atoms with Crippen LogP contribution >= 0.6 is 0 Å². The molecule has 41 heavy (non-hydrogen) atoms. The molecule has 208 valence electrons. The molecule has 0 aliphatic rings. The number of benzene rings is 3. The van der Waals surface area contributed by atoms with E-state index < -0.39 is 46.2 Å². The first-order chi connectivity index (χ1) is 19.6. The Morgan fingerprint density at radius 1 is 0.927 bits per heavy atom. The van der Waals surface area contributed by atoms with E-state index in [0.717, 1.165) is 15.7 Å². The molecule has 3 aromatic carbocycles. The van der Waals surface area contributed by atoms with Crippen LogP contribution in [0.2, 0.25) is 0 Å². The average Bonchev–Trinajstić information content (AvgIpc) is 3.57. The first-order valence-corrected chi connectivity index (χ1v) is 13.8. The van der Waals surface area contributed by atoms with Crippen molar-refractivity contribution in [2.24, 2.45) is 0 Å². The number of carboxylic acid groups (broad SMARTS) is 1. The molecule has 2 heterocycles. The number of ketones is 1. The van der Waals surface area contributed by atoms with Crippen LogP contribution in [0.4, 0.5) is 0 Å². The summed E-state index contributed by atoms with van der Waals surface area (Å²) in [5.74, 6) is -4.39. The lowest BCUT2D eigenvalue weighted by atomic mass is 10.0. The zero-order valence-corrected chi connectivity index (χ0v) is 22.4. The molecule has 5 rings (SSSR count). The van der Waals surface area contributed by atoms with E-state index in [1.54, 1.807) is 48.5 Å². The van der Waals surface area contributed by atoms with Gasteiger partial charge in [0.2, 0.25) is 5.91 Å². The van der Waals surface area contributed by atoms with Gasteiger partial charge in [-0.1, -0.05) is 54.1 Å². The minimum Gasteiger partial charge on any atom is -0.480 e. The summed E-state index contributed by atoms with van der Waals surface area (Å²) in [6.45, 7) is 1.12. The maximum absolute atomic E-state index is 13.5. The fourth-order valence-electron chi connectivity index (χ4n) is 4.55. The van der Waals surface area contributed by atoms with Gasteiger partial charge in [-0.05, 0) is 31.2 Å². The second-order valence-electron chi connectivity index (χ2n) is 9.31. The van der Waals surface area contributed by atoms with Gasteiger partial charge in [0.05, 0.1) is 16.0 Å². The van der Waals surface area contributed by atoms with Gasteiger partial charge < -0.3 is 20.7 Å². The van der Waals surface area contributed by atoms with E-state index >= 15 is 0 Å². The smallest absolute Gasteiger partial charge is 0.322 e. The van der Waals surface area contributed by atoms with Gasteiger partial charge >= 0.3 is 5.97 Å². The molecule has 0 saturated heterocycles. The minimum absolute atomic E-state index is 0.00167. The highest BCUT2D eigenvalue weighted by Gasteiger charge is 2.31. The molecule has 12 heteroatoms. The van der Waals surface area contributed by atoms with Gasteiger partial charge in [0.25, 0.3) is 21.7 Å². The van der Waals surface area contributed by atoms with Gasteiger partial charge in [-0.2, -0.15) is 0 Å². The normalized spacial score (nSPS) is 12.2. The predicted octanol–water partition coefficient (Wildman–Crippen LogP) is 2.91. The maximum Gasteiger partial charge on any atom is 0.322 e. The summed E-state index contributed by atoms with van der Waals surface area (Å²) < 4.78 is 27.9. The highest BCUT2D eigenvalue weighted by Crippen LogP contribution is 2.28. The molecular formula is C29H24N4O7S. The number of para-hydroxylation sites is 2. The van der Waals surface area contributed by atoms with Crippen molar-refractivity contribution in [3.8, 4) is 0 Å². The Kier molecular flexibility index (Phi) is 7.16. The number of H-pyrrole nitrogens is 1. The van der Waals surface area contributed by atoms with E-state index in [1.165, 1.54) is 30.5 Å². The number of aromatic amines is 1. The van der Waals surface area contributed by atoms with Crippen molar-refractivity contribution in [1.82, 2.24) is 19.6 Å². The van der Waals surface area contributed by atoms with Gasteiger partial charge in [0.15, 0.2) is 0 Å². The zero-order chi connectivity index (χ0) is 29.3. The fraction of sp³-hybridized carbons (Fsp3) is 0.103. The number of hydrogen-bond acceptors (Lipinski definition) is 6. The van der Waals surface area contributed by atoms with Crippen LogP contribution in [-0.4, -0.2) is 52.6 Å². The third kappa shape index (κ3) is 5.20. The Labute approximate surface area is 233 Å². The lowest BCUT2D eigenvalue weighted by Crippen LogP contribution is -2.44. The Balaban J connectivity index is 1.52. The quantitative estimate of drug-likeness (QED) is 0.156. The summed E-state index contributed by atoms with van der Waals surface area (Å²) >= 11 is 0. The Hall–Kier alpha value is -5.23. The summed E-state index contributed by atoms with van der Waals surface area (Å²) in [4.78, 5) is 53.8. The second-order valence-corrected chi connectivity index (χ2v) is 11.1. The van der Waals surface area contributed by atoms with Crippen molar-refractivity contribution in [3.05, 3.63) is 102 Å². The van der Waals surface area contributed by atoms with Crippen molar-refractivity contribution in [1.29, 1.82) is 0 Å². The van der Waals surface area contributed by atoms with Gasteiger partial charge in [-0.3, -0.25) is 19.2 Å². The Morgan fingerprint density at radius 2 is 1.59 bits per heavy atom. The van der Waals surface area contributed by atoms with Crippen molar-refractivity contribution in [2.75, 3.05) is 6.54 Å². The first kappa shape index (κ1) is 27.3. The molecule has 4 N–H and O–H groups in total. The molecule has 0 saturated carbocycles. The monoisotopic (exact) mass is 572 g/mol. The van der Waals surface area contributed by atoms with E-state index in [1.807, 2.05) is 6.92 Å². The van der Waals surface area contributed by atoms with Crippen molar-refractivity contribution < 1.29 is 32.7 Å². The number of nitrogens with zero attached hydrogens (tertiary/aromatic N) is 1. The number of aryl methyl sites for hydroxylation is 1. The number of carboxylic acids is 1. The van der Waals surface area contributed by atoms with E-state index in [4.69, 9.17) is 5.11 Å². The lowest BCUT2D eigenvalue weighted by Gasteiger charge is -2.17. The summed E-state index contributed by atoms with van der Waals surface area (Å²) in [5, 5.41) is 14.5. The SMILES string of the molecule is Cc1ccc(S(=O)(=O)n2cc(C(=O)C(=O)N[C@H](C(=O)NCC(=O)O)c3c[nH]c4ccccc34)c3ccccc32)cc1. The molecule has 5 aromatic rings. The minimum atomic E-state index is -4.12. The van der Waals surface area contributed by atoms with Crippen LogP contribution in [0.3, 0.4) is 0 Å². The molecule has 1 atom stereocenters. The zero-order valence-electron chi connectivity index (χ0n) is 21.6. The molecule has 2 amide bonds. The number of amides is 2. The number of Topliss-reactive ketones (excluding diaryl/α,β-unsaturated/α-hetero) is 1. The first-order valence-electron chi connectivity index (χ1n) is 12.4. The second kappa shape index (κ2) is 10.7. The molecule has 2 aromatic heterocycles. The van der Waals surface area contributed by atoms with Gasteiger partial charge in [-0.25, -0.2) is 12.4 Å². The number of rotatable bonds is 9. The number of hydrogen-bond donors (Lipinski definition) is 4. The largest absolute Gasteiger partial charge is 0.480 e. The van der Waals surface area contributed by atoms with Crippen LogP contribution in [0, 0.1) is 6.92 Å². The molecule has 11 nitrogen and oxygen atoms in total. The molecule has 0 spiro atoms. The van der Waals surface area contributed by atoms with Gasteiger partial charge in [-0.15, -0.1) is 0 Å². The molecule has 0 unspecified atom stereocenters. The van der Waals surface area contributed by atoms with Crippen LogP contribution in [0.1, 0.15) is 27.5 Å². The molecule has 0 radical (unpaired) electrons. The van der Waals surface area contributed by atoms with E-state index in [-0.39, 0.29) is 21.4 Å². The fourth-order valence-corrected chi connectivity index (χ4v) is 5.92. The van der Waals surface area contributed by atoms with Crippen LogP contribution in [0.5, 0.6) is 0 Å². The van der Waals surface area contributed by atoms with Crippen LogP contribution in [0.25, 0.3) is 21.8 Å². The molecule has 0 aliphatic carbocycles. The van der Waals surface area contributed by atoms with Crippen molar-refractivity contribution in [3.63, 3.8) is 0 Å². The summed E-state index contributed by atoms with van der Waals surface area (Å²) in [7, 11) is -4.12.